The molecule has 2 aromatic carbocycles. The Morgan fingerprint density at radius 1 is 0.967 bits per heavy atom. The molecule has 0 aromatic heterocycles. The maximum Gasteiger partial charge on any atom is 0.243 e. The minimum absolute atomic E-state index is 0.259. The lowest BCUT2D eigenvalue weighted by molar-refractivity contribution is -0.121. The van der Waals surface area contributed by atoms with Crippen LogP contribution in [0, 0.1) is 6.92 Å². The first-order valence-electron chi connectivity index (χ1n) is 9.36. The van der Waals surface area contributed by atoms with Crippen LogP contribution in [-0.2, 0) is 14.8 Å². The first kappa shape index (κ1) is 23.3. The van der Waals surface area contributed by atoms with Crippen LogP contribution in [0.25, 0.3) is 0 Å². The number of piperazine rings is 1. The summed E-state index contributed by atoms with van der Waals surface area (Å²) >= 11 is 18.0. The Balaban J connectivity index is 1.62. The number of hydrogen-bond donors (Lipinski definition) is 1. The Hall–Kier alpha value is -1.35. The van der Waals surface area contributed by atoms with Crippen LogP contribution < -0.4 is 5.32 Å². The molecule has 1 atom stereocenters. The van der Waals surface area contributed by atoms with Gasteiger partial charge in [0.15, 0.2) is 0 Å². The highest BCUT2D eigenvalue weighted by atomic mass is 35.5. The van der Waals surface area contributed by atoms with Crippen molar-refractivity contribution < 1.29 is 13.2 Å². The fraction of sp³-hybridized carbons (Fsp3) is 0.350. The van der Waals surface area contributed by atoms with Crippen molar-refractivity contribution in [1.82, 2.24) is 9.21 Å². The van der Waals surface area contributed by atoms with Gasteiger partial charge >= 0.3 is 0 Å². The van der Waals surface area contributed by atoms with E-state index in [0.29, 0.717) is 46.9 Å². The summed E-state index contributed by atoms with van der Waals surface area (Å²) in [5.74, 6) is -0.259. The standard InChI is InChI=1S/C20H22Cl3N3O3S/c1-13-3-5-15(6-4-13)30(28,29)26-9-7-25(8-10-26)14(2)20(27)24-19-12-17(22)16(21)11-18(19)23/h3-6,11-12,14H,7-10H2,1-2H3,(H,24,27)/t14-/m1/s1. The number of hydrogen-bond acceptors (Lipinski definition) is 4. The number of rotatable bonds is 5. The second-order valence-electron chi connectivity index (χ2n) is 7.16. The minimum Gasteiger partial charge on any atom is -0.323 e. The maximum atomic E-state index is 12.8. The third kappa shape index (κ3) is 5.10. The summed E-state index contributed by atoms with van der Waals surface area (Å²) in [7, 11) is -3.55. The van der Waals surface area contributed by atoms with Gasteiger partial charge in [-0.3, -0.25) is 9.69 Å². The Morgan fingerprint density at radius 3 is 2.13 bits per heavy atom. The number of nitrogens with zero attached hydrogens (tertiary/aromatic N) is 2. The predicted molar refractivity (Wildman–Crippen MR) is 121 cm³/mol. The minimum atomic E-state index is -3.55. The molecule has 1 N–H and O–H groups in total. The van der Waals surface area contributed by atoms with Crippen molar-refractivity contribution in [2.24, 2.45) is 0 Å². The summed E-state index contributed by atoms with van der Waals surface area (Å²) in [6.07, 6.45) is 0. The first-order valence-corrected chi connectivity index (χ1v) is 11.9. The number of amides is 1. The molecule has 1 saturated heterocycles. The van der Waals surface area contributed by atoms with E-state index in [1.807, 2.05) is 11.8 Å². The SMILES string of the molecule is Cc1ccc(S(=O)(=O)N2CCN([C@H](C)C(=O)Nc3cc(Cl)c(Cl)cc3Cl)CC2)cc1. The molecule has 6 nitrogen and oxygen atoms in total. The molecule has 0 spiro atoms. The second-order valence-corrected chi connectivity index (χ2v) is 10.3. The molecule has 162 valence electrons. The first-order chi connectivity index (χ1) is 14.1. The average Bonchev–Trinajstić information content (AvgIpc) is 2.71. The van der Waals surface area contributed by atoms with E-state index in [0.717, 1.165) is 5.56 Å². The fourth-order valence-corrected chi connectivity index (χ4v) is 5.23. The number of carbonyl (C=O) groups excluding carboxylic acids is 1. The van der Waals surface area contributed by atoms with Gasteiger partial charge in [0.2, 0.25) is 15.9 Å². The Morgan fingerprint density at radius 2 is 1.53 bits per heavy atom. The van der Waals surface area contributed by atoms with Crippen LogP contribution >= 0.6 is 34.8 Å². The third-order valence-corrected chi connectivity index (χ3v) is 8.07. The van der Waals surface area contributed by atoms with E-state index >= 15 is 0 Å². The van der Waals surface area contributed by atoms with Gasteiger partial charge in [0, 0.05) is 26.2 Å². The van der Waals surface area contributed by atoms with Gasteiger partial charge in [0.05, 0.1) is 31.7 Å². The number of carbonyl (C=O) groups is 1. The van der Waals surface area contributed by atoms with Crippen molar-refractivity contribution in [3.05, 3.63) is 57.0 Å². The van der Waals surface area contributed by atoms with Gasteiger partial charge < -0.3 is 5.32 Å². The molecule has 0 saturated carbocycles. The van der Waals surface area contributed by atoms with Gasteiger partial charge in [0.25, 0.3) is 0 Å². The Bertz CT molecular complexity index is 1040. The number of sulfonamides is 1. The van der Waals surface area contributed by atoms with E-state index in [2.05, 4.69) is 5.32 Å². The molecule has 2 aromatic rings. The van der Waals surface area contributed by atoms with Crippen LogP contribution in [0.1, 0.15) is 12.5 Å². The summed E-state index contributed by atoms with van der Waals surface area (Å²) in [5, 5.41) is 3.65. The number of benzene rings is 2. The van der Waals surface area contributed by atoms with Gasteiger partial charge in [-0.05, 0) is 38.1 Å². The highest BCUT2D eigenvalue weighted by molar-refractivity contribution is 7.89. The summed E-state index contributed by atoms with van der Waals surface area (Å²) in [6.45, 7) is 5.17. The van der Waals surface area contributed by atoms with Crippen LogP contribution in [0.2, 0.25) is 15.1 Å². The molecule has 0 unspecified atom stereocenters. The lowest BCUT2D eigenvalue weighted by Crippen LogP contribution is -2.53. The van der Waals surface area contributed by atoms with Crippen LogP contribution in [0.3, 0.4) is 0 Å². The van der Waals surface area contributed by atoms with E-state index in [4.69, 9.17) is 34.8 Å². The number of halogens is 3. The van der Waals surface area contributed by atoms with Gasteiger partial charge in [-0.1, -0.05) is 52.5 Å². The zero-order valence-electron chi connectivity index (χ0n) is 16.5. The van der Waals surface area contributed by atoms with Crippen molar-refractivity contribution in [1.29, 1.82) is 0 Å². The maximum absolute atomic E-state index is 12.8. The third-order valence-electron chi connectivity index (χ3n) is 5.13. The van der Waals surface area contributed by atoms with Crippen LogP contribution in [0.4, 0.5) is 5.69 Å². The molecule has 10 heteroatoms. The number of anilines is 1. The smallest absolute Gasteiger partial charge is 0.243 e. The number of nitrogens with one attached hydrogen (secondary N) is 1. The second kappa shape index (κ2) is 9.42. The van der Waals surface area contributed by atoms with Crippen LogP contribution in [-0.4, -0.2) is 55.8 Å². The van der Waals surface area contributed by atoms with E-state index in [1.54, 1.807) is 31.2 Å². The zero-order chi connectivity index (χ0) is 22.1. The largest absolute Gasteiger partial charge is 0.323 e. The molecule has 1 amide bonds. The molecule has 3 rings (SSSR count). The van der Waals surface area contributed by atoms with E-state index in [-0.39, 0.29) is 10.8 Å². The molecule has 1 fully saturated rings. The molecule has 0 radical (unpaired) electrons. The highest BCUT2D eigenvalue weighted by Gasteiger charge is 2.32. The van der Waals surface area contributed by atoms with Gasteiger partial charge in [-0.25, -0.2) is 8.42 Å². The van der Waals surface area contributed by atoms with Crippen LogP contribution in [0.5, 0.6) is 0 Å². The summed E-state index contributed by atoms with van der Waals surface area (Å²) < 4.78 is 27.1. The summed E-state index contributed by atoms with van der Waals surface area (Å²) in [4.78, 5) is 14.9. The van der Waals surface area contributed by atoms with E-state index in [9.17, 15) is 13.2 Å². The molecule has 1 aliphatic rings. The Labute approximate surface area is 191 Å². The molecule has 1 heterocycles. The van der Waals surface area contributed by atoms with Crippen LogP contribution in [0.15, 0.2) is 41.3 Å². The molecular weight excluding hydrogens is 469 g/mol. The lowest BCUT2D eigenvalue weighted by atomic mass is 10.2. The summed E-state index contributed by atoms with van der Waals surface area (Å²) in [5.41, 5.74) is 1.38. The molecule has 30 heavy (non-hydrogen) atoms. The Kier molecular flexibility index (Phi) is 7.32. The topological polar surface area (TPSA) is 69.7 Å². The average molecular weight is 491 g/mol. The van der Waals surface area contributed by atoms with E-state index < -0.39 is 16.1 Å². The van der Waals surface area contributed by atoms with Gasteiger partial charge in [0.1, 0.15) is 0 Å². The molecule has 0 bridgehead atoms. The van der Waals surface area contributed by atoms with Crippen molar-refractivity contribution >= 4 is 56.4 Å². The highest BCUT2D eigenvalue weighted by Crippen LogP contribution is 2.32. The van der Waals surface area contributed by atoms with E-state index in [1.165, 1.54) is 16.4 Å². The van der Waals surface area contributed by atoms with Crippen molar-refractivity contribution in [2.75, 3.05) is 31.5 Å². The predicted octanol–water partition coefficient (Wildman–Crippen LogP) is 4.29. The van der Waals surface area contributed by atoms with Crippen molar-refractivity contribution in [3.63, 3.8) is 0 Å². The van der Waals surface area contributed by atoms with Gasteiger partial charge in [-0.15, -0.1) is 0 Å². The van der Waals surface area contributed by atoms with Crippen molar-refractivity contribution in [2.45, 2.75) is 24.8 Å². The summed E-state index contributed by atoms with van der Waals surface area (Å²) in [6, 6.07) is 9.30. The zero-order valence-corrected chi connectivity index (χ0v) is 19.6. The lowest BCUT2D eigenvalue weighted by Gasteiger charge is -2.36. The molecule has 0 aliphatic carbocycles. The normalized spacial score (nSPS) is 17.0. The fourth-order valence-electron chi connectivity index (χ4n) is 3.21. The van der Waals surface area contributed by atoms with Gasteiger partial charge in [-0.2, -0.15) is 4.31 Å². The molecular formula is C20H22Cl3N3O3S. The number of aryl methyl sites for hydroxylation is 1. The monoisotopic (exact) mass is 489 g/mol. The molecule has 1 aliphatic heterocycles. The quantitative estimate of drug-likeness (QED) is 0.635. The van der Waals surface area contributed by atoms with Crippen molar-refractivity contribution in [3.8, 4) is 0 Å².